The summed E-state index contributed by atoms with van der Waals surface area (Å²) in [6, 6.07) is -0.830. The second-order valence-corrected chi connectivity index (χ2v) is 19.3. The molecule has 1 saturated heterocycles. The number of hydrogen-bond acceptors (Lipinski definition) is 10. The summed E-state index contributed by atoms with van der Waals surface area (Å²) in [6.07, 6.45) is 47.7. The minimum absolute atomic E-state index is 0.0432. The number of aliphatic hydroxyl groups excluding tert-OH is 5. The fourth-order valence-corrected chi connectivity index (χ4v) is 8.40. The zero-order valence-electron chi connectivity index (χ0n) is 43.3. The monoisotopic (exact) mass is 962 g/mol. The SMILES string of the molecule is CCCCCC/C=C\C/C=C\CCCCCCCCCC(=O)OCCCCCCCC/C=C\CCCCCC(=O)NC(COC1OC(CO)C(O)C(O)C1O)C(O)/C=C/CCCCCCCCC. The Bertz CT molecular complexity index is 1270. The highest BCUT2D eigenvalue weighted by atomic mass is 16.7. The predicted molar refractivity (Wildman–Crippen MR) is 278 cm³/mol. The van der Waals surface area contributed by atoms with Crippen molar-refractivity contribution in [2.24, 2.45) is 0 Å². The van der Waals surface area contributed by atoms with Gasteiger partial charge in [-0.2, -0.15) is 0 Å². The van der Waals surface area contributed by atoms with Gasteiger partial charge in [0.05, 0.1) is 32.0 Å². The van der Waals surface area contributed by atoms with Gasteiger partial charge in [-0.15, -0.1) is 0 Å². The number of carbonyl (C=O) groups excluding carboxylic acids is 2. The summed E-state index contributed by atoms with van der Waals surface area (Å²) in [6.45, 7) is 4.22. The lowest BCUT2D eigenvalue weighted by Crippen LogP contribution is -2.60. The van der Waals surface area contributed by atoms with Crippen LogP contribution in [0.1, 0.15) is 239 Å². The zero-order chi connectivity index (χ0) is 49.6. The van der Waals surface area contributed by atoms with E-state index in [-0.39, 0.29) is 18.5 Å². The number of nitrogens with one attached hydrogen (secondary N) is 1. The fraction of sp³-hybridized carbons (Fsp3) is 0.825. The molecule has 396 valence electrons. The van der Waals surface area contributed by atoms with Gasteiger partial charge in [0.25, 0.3) is 0 Å². The maximum absolute atomic E-state index is 13.0. The molecule has 0 bridgehead atoms. The molecule has 0 aromatic heterocycles. The van der Waals surface area contributed by atoms with Crippen LogP contribution >= 0.6 is 0 Å². The Morgan fingerprint density at radius 1 is 0.544 bits per heavy atom. The number of aliphatic hydroxyl groups is 5. The first kappa shape index (κ1) is 63.6. The Balaban J connectivity index is 2.10. The predicted octanol–water partition coefficient (Wildman–Crippen LogP) is 12.1. The smallest absolute Gasteiger partial charge is 0.305 e. The summed E-state index contributed by atoms with van der Waals surface area (Å²) < 4.78 is 16.6. The molecule has 1 aliphatic heterocycles. The van der Waals surface area contributed by atoms with E-state index in [1.54, 1.807) is 6.08 Å². The summed E-state index contributed by atoms with van der Waals surface area (Å²) in [5, 5.41) is 54.1. The molecule has 0 aromatic rings. The van der Waals surface area contributed by atoms with Gasteiger partial charge in [-0.05, 0) is 89.9 Å². The standard InChI is InChI=1S/C57H103NO10/c1-3-5-7-9-11-13-14-15-16-17-18-19-22-25-29-33-37-41-45-53(62)66-46-42-38-34-30-26-23-20-21-24-28-32-36-40-44-52(61)58-49(50(60)43-39-35-31-27-12-10-8-6-4-2)48-67-57-56(65)55(64)54(63)51(47-59)68-57/h13-14,16-17,21,24,39,43,49-51,54-57,59-60,63-65H,3-12,15,18-20,22-23,25-38,40-42,44-48H2,1-2H3,(H,58,61)/b14-13-,17-16-,24-21-,43-39+. The Hall–Kier alpha value is -2.38. The summed E-state index contributed by atoms with van der Waals surface area (Å²) in [4.78, 5) is 25.1. The van der Waals surface area contributed by atoms with E-state index in [0.29, 0.717) is 25.9 Å². The van der Waals surface area contributed by atoms with Crippen molar-refractivity contribution in [3.8, 4) is 0 Å². The van der Waals surface area contributed by atoms with E-state index in [4.69, 9.17) is 14.2 Å². The Labute approximate surface area is 415 Å². The Kier molecular flexibility index (Phi) is 44.0. The first-order valence-electron chi connectivity index (χ1n) is 27.9. The van der Waals surface area contributed by atoms with Crippen molar-refractivity contribution >= 4 is 11.9 Å². The van der Waals surface area contributed by atoms with Gasteiger partial charge in [-0.1, -0.05) is 184 Å². The van der Waals surface area contributed by atoms with Crippen molar-refractivity contribution in [2.75, 3.05) is 19.8 Å². The van der Waals surface area contributed by atoms with Crippen molar-refractivity contribution in [3.05, 3.63) is 48.6 Å². The number of rotatable bonds is 47. The van der Waals surface area contributed by atoms with Crippen LogP contribution in [-0.2, 0) is 23.8 Å². The van der Waals surface area contributed by atoms with Crippen molar-refractivity contribution in [1.29, 1.82) is 0 Å². The van der Waals surface area contributed by atoms with Gasteiger partial charge in [0.1, 0.15) is 24.4 Å². The lowest BCUT2D eigenvalue weighted by Gasteiger charge is -2.40. The highest BCUT2D eigenvalue weighted by Crippen LogP contribution is 2.23. The van der Waals surface area contributed by atoms with Crippen LogP contribution in [0.4, 0.5) is 0 Å². The third-order valence-corrected chi connectivity index (χ3v) is 12.9. The molecule has 0 aliphatic carbocycles. The zero-order valence-corrected chi connectivity index (χ0v) is 43.3. The average molecular weight is 962 g/mol. The number of amides is 1. The molecule has 1 aliphatic rings. The van der Waals surface area contributed by atoms with E-state index in [1.807, 2.05) is 6.08 Å². The normalized spacial score (nSPS) is 19.8. The van der Waals surface area contributed by atoms with Crippen molar-refractivity contribution in [3.63, 3.8) is 0 Å². The van der Waals surface area contributed by atoms with E-state index in [0.717, 1.165) is 77.0 Å². The maximum Gasteiger partial charge on any atom is 0.305 e. The van der Waals surface area contributed by atoms with Crippen LogP contribution in [-0.4, -0.2) is 100 Å². The second kappa shape index (κ2) is 47.0. The highest BCUT2D eigenvalue weighted by Gasteiger charge is 2.44. The molecule has 1 amide bonds. The minimum atomic E-state index is -1.58. The van der Waals surface area contributed by atoms with Crippen LogP contribution in [0.2, 0.25) is 0 Å². The van der Waals surface area contributed by atoms with Crippen LogP contribution in [0.3, 0.4) is 0 Å². The van der Waals surface area contributed by atoms with Gasteiger partial charge in [-0.25, -0.2) is 0 Å². The molecule has 1 heterocycles. The molecule has 7 atom stereocenters. The van der Waals surface area contributed by atoms with Gasteiger partial charge in [-0.3, -0.25) is 9.59 Å². The third kappa shape index (κ3) is 36.5. The number of hydrogen-bond donors (Lipinski definition) is 6. The van der Waals surface area contributed by atoms with E-state index in [9.17, 15) is 35.1 Å². The molecular weight excluding hydrogens is 859 g/mol. The van der Waals surface area contributed by atoms with Gasteiger partial charge >= 0.3 is 5.97 Å². The van der Waals surface area contributed by atoms with Crippen LogP contribution < -0.4 is 5.32 Å². The molecule has 1 fully saturated rings. The number of unbranched alkanes of at least 4 members (excludes halogenated alkanes) is 27. The quantitative estimate of drug-likeness (QED) is 0.0196. The Morgan fingerprint density at radius 2 is 0.985 bits per heavy atom. The summed E-state index contributed by atoms with van der Waals surface area (Å²) in [7, 11) is 0. The molecule has 0 aromatic carbocycles. The number of allylic oxidation sites excluding steroid dienone is 7. The van der Waals surface area contributed by atoms with Gasteiger partial charge < -0.3 is 45.1 Å². The fourth-order valence-electron chi connectivity index (χ4n) is 8.40. The van der Waals surface area contributed by atoms with Gasteiger partial charge in [0, 0.05) is 12.8 Å². The number of ether oxygens (including phenoxy) is 3. The van der Waals surface area contributed by atoms with E-state index in [2.05, 4.69) is 55.6 Å². The van der Waals surface area contributed by atoms with Crippen molar-refractivity contribution in [2.45, 2.75) is 281 Å². The summed E-state index contributed by atoms with van der Waals surface area (Å²) in [5.74, 6) is -0.259. The molecule has 0 radical (unpaired) electrons. The molecule has 68 heavy (non-hydrogen) atoms. The largest absolute Gasteiger partial charge is 0.466 e. The molecule has 7 unspecified atom stereocenters. The summed E-state index contributed by atoms with van der Waals surface area (Å²) in [5.41, 5.74) is 0. The molecular formula is C57H103NO10. The van der Waals surface area contributed by atoms with Gasteiger partial charge in [0.2, 0.25) is 5.91 Å². The van der Waals surface area contributed by atoms with Gasteiger partial charge in [0.15, 0.2) is 6.29 Å². The first-order chi connectivity index (χ1) is 33.2. The number of carbonyl (C=O) groups is 2. The third-order valence-electron chi connectivity index (χ3n) is 12.9. The van der Waals surface area contributed by atoms with Crippen LogP contribution in [0, 0.1) is 0 Å². The van der Waals surface area contributed by atoms with Crippen molar-refractivity contribution in [1.82, 2.24) is 5.32 Å². The lowest BCUT2D eigenvalue weighted by atomic mass is 9.99. The van der Waals surface area contributed by atoms with Crippen LogP contribution in [0.5, 0.6) is 0 Å². The topological polar surface area (TPSA) is 175 Å². The molecule has 1 rings (SSSR count). The average Bonchev–Trinajstić information content (AvgIpc) is 3.33. The van der Waals surface area contributed by atoms with Crippen LogP contribution in [0.15, 0.2) is 48.6 Å². The summed E-state index contributed by atoms with van der Waals surface area (Å²) >= 11 is 0. The molecule has 0 spiro atoms. The van der Waals surface area contributed by atoms with E-state index >= 15 is 0 Å². The van der Waals surface area contributed by atoms with E-state index < -0.39 is 49.5 Å². The molecule has 11 heteroatoms. The number of esters is 1. The molecule has 0 saturated carbocycles. The highest BCUT2D eigenvalue weighted by molar-refractivity contribution is 5.76. The first-order valence-corrected chi connectivity index (χ1v) is 27.9. The lowest BCUT2D eigenvalue weighted by molar-refractivity contribution is -0.302. The maximum atomic E-state index is 13.0. The van der Waals surface area contributed by atoms with Crippen LogP contribution in [0.25, 0.3) is 0 Å². The van der Waals surface area contributed by atoms with Crippen molar-refractivity contribution < 1.29 is 49.3 Å². The molecule has 6 N–H and O–H groups in total. The Morgan fingerprint density at radius 3 is 1.53 bits per heavy atom. The minimum Gasteiger partial charge on any atom is -0.466 e. The second-order valence-electron chi connectivity index (χ2n) is 19.3. The van der Waals surface area contributed by atoms with E-state index in [1.165, 1.54) is 128 Å². The molecule has 11 nitrogen and oxygen atoms in total.